The fourth-order valence-corrected chi connectivity index (χ4v) is 49.0. The second-order valence-electron chi connectivity index (χ2n) is 8.90. The molecule has 0 aliphatic heterocycles. The Balaban J connectivity index is 0. The summed E-state index contributed by atoms with van der Waals surface area (Å²) in [5.41, 5.74) is -1.18. The van der Waals surface area contributed by atoms with Gasteiger partial charge in [0.15, 0.2) is 0 Å². The summed E-state index contributed by atoms with van der Waals surface area (Å²) < 4.78 is 1.81. The molecule has 110 valence electrons. The Morgan fingerprint density at radius 3 is 1.78 bits per heavy atom. The molecule has 0 amide bonds. The van der Waals surface area contributed by atoms with Crippen molar-refractivity contribution in [2.75, 3.05) is 13.3 Å². The number of hydrogen-bond acceptors (Lipinski definition) is 0. The predicted molar refractivity (Wildman–Crippen MR) is 96.0 cm³/mol. The van der Waals surface area contributed by atoms with Crippen LogP contribution < -0.4 is 0 Å². The SMILES string of the molecule is CP(C)[Si](C)(C)[Ti]([CH3])([CH3])([CH3])([CH3])[C]1=CC=CC1.Cl.Cl. The molecular formula is C13H31Cl2PSiTi. The zero-order chi connectivity index (χ0) is 12.9. The van der Waals surface area contributed by atoms with Gasteiger partial charge < -0.3 is 0 Å². The zero-order valence-electron chi connectivity index (χ0n) is 13.2. The molecule has 0 saturated carbocycles. The van der Waals surface area contributed by atoms with Crippen molar-refractivity contribution in [2.45, 2.75) is 40.4 Å². The topological polar surface area (TPSA) is 0 Å². The molecule has 0 atom stereocenters. The van der Waals surface area contributed by atoms with Gasteiger partial charge in [0, 0.05) is 0 Å². The summed E-state index contributed by atoms with van der Waals surface area (Å²) in [5, 5.41) is 10.8. The Morgan fingerprint density at radius 1 is 1.06 bits per heavy atom. The van der Waals surface area contributed by atoms with E-state index in [1.165, 1.54) is 6.42 Å². The molecule has 0 bridgehead atoms. The molecule has 0 heterocycles. The molecule has 0 spiro atoms. The second kappa shape index (κ2) is 5.32. The number of halogens is 2. The smallest absolute Gasteiger partial charge is 0.147 e. The third-order valence-electron chi connectivity index (χ3n) is 6.09. The molecule has 5 heteroatoms. The molecule has 18 heavy (non-hydrogen) atoms. The minimum atomic E-state index is -2.94. The third kappa shape index (κ3) is 3.02. The van der Waals surface area contributed by atoms with Crippen molar-refractivity contribution in [3.05, 3.63) is 22.1 Å². The maximum Gasteiger partial charge on any atom is -0.147 e. The van der Waals surface area contributed by atoms with Crippen LogP contribution >= 0.6 is 32.3 Å². The van der Waals surface area contributed by atoms with E-state index in [0.717, 1.165) is 0 Å². The van der Waals surface area contributed by atoms with Gasteiger partial charge >= 0.3 is 102 Å². The minimum Gasteiger partial charge on any atom is -0.147 e. The standard InChI is InChI=1S/C5H5.C4H12PSi.4CH3.2ClH.Ti/c1-2-4-5-3-1;1-5(2)6(3)4;;;;;;;/h1-3H,4H2;1-4H3;4*1H3;2*1H;. The van der Waals surface area contributed by atoms with Crippen LogP contribution in [0.25, 0.3) is 0 Å². The van der Waals surface area contributed by atoms with E-state index in [-0.39, 0.29) is 32.3 Å². The first-order valence-electron chi connectivity index (χ1n) is 6.34. The monoisotopic (exact) mass is 364 g/mol. The summed E-state index contributed by atoms with van der Waals surface area (Å²) in [6, 6.07) is 0. The Hall–Kier alpha value is 1.42. The number of hydrogen-bond donors (Lipinski definition) is 0. The quantitative estimate of drug-likeness (QED) is 0.394. The van der Waals surface area contributed by atoms with Gasteiger partial charge in [-0.1, -0.05) is 0 Å². The van der Waals surface area contributed by atoms with Crippen molar-refractivity contribution in [3.63, 3.8) is 0 Å². The Morgan fingerprint density at radius 2 is 1.50 bits per heavy atom. The summed E-state index contributed by atoms with van der Waals surface area (Å²) in [6.07, 6.45) is 8.29. The average Bonchev–Trinajstić information content (AvgIpc) is 2.53. The first kappa shape index (κ1) is 21.7. The molecule has 0 aromatic carbocycles. The van der Waals surface area contributed by atoms with E-state index < -0.39 is 18.9 Å². The van der Waals surface area contributed by atoms with Crippen molar-refractivity contribution in [2.24, 2.45) is 0 Å². The predicted octanol–water partition coefficient (Wildman–Crippen LogP) is 6.53. The number of allylic oxidation sites excluding steroid dienone is 4. The minimum absolute atomic E-state index is 0. The van der Waals surface area contributed by atoms with Gasteiger partial charge in [0.2, 0.25) is 0 Å². The van der Waals surface area contributed by atoms with Crippen molar-refractivity contribution in [1.29, 1.82) is 0 Å². The third-order valence-corrected chi connectivity index (χ3v) is 71.5. The summed E-state index contributed by atoms with van der Waals surface area (Å²) in [6.45, 7) is 10.3. The van der Waals surface area contributed by atoms with E-state index in [4.69, 9.17) is 0 Å². The summed E-state index contributed by atoms with van der Waals surface area (Å²) in [7, 11) is 0.209. The molecule has 0 unspecified atom stereocenters. The molecule has 0 fully saturated rings. The molecule has 0 saturated heterocycles. The van der Waals surface area contributed by atoms with Crippen LogP contribution in [0.2, 0.25) is 34.0 Å². The van der Waals surface area contributed by atoms with Gasteiger partial charge in [-0.2, -0.15) is 0 Å². The molecule has 0 radical (unpaired) electrons. The molecule has 0 N–H and O–H groups in total. The van der Waals surface area contributed by atoms with Crippen LogP contribution in [0, 0.1) is 0 Å². The molecule has 0 nitrogen and oxygen atoms in total. The van der Waals surface area contributed by atoms with E-state index in [1.807, 2.05) is 3.88 Å². The van der Waals surface area contributed by atoms with Crippen LogP contribution in [-0.4, -0.2) is 18.9 Å². The van der Waals surface area contributed by atoms with Crippen LogP contribution in [0.5, 0.6) is 0 Å². The van der Waals surface area contributed by atoms with Crippen LogP contribution in [-0.2, 0) is 13.3 Å². The van der Waals surface area contributed by atoms with E-state index in [0.29, 0.717) is 0 Å². The number of rotatable bonds is 3. The van der Waals surface area contributed by atoms with E-state index >= 15 is 0 Å². The first-order valence-corrected chi connectivity index (χ1v) is 21.8. The van der Waals surface area contributed by atoms with E-state index in [1.54, 1.807) is 0 Å². The zero-order valence-corrected chi connectivity index (χ0v) is 18.3. The fourth-order valence-electron chi connectivity index (χ4n) is 2.68. The van der Waals surface area contributed by atoms with Crippen LogP contribution in [0.4, 0.5) is 0 Å². The van der Waals surface area contributed by atoms with Crippen LogP contribution in [0.1, 0.15) is 6.42 Å². The largest absolute Gasteiger partial charge is 0.147 e. The van der Waals surface area contributed by atoms with Crippen molar-refractivity contribution in [3.8, 4) is 0 Å². The summed E-state index contributed by atoms with van der Waals surface area (Å²) in [5.74, 6) is 0. The van der Waals surface area contributed by atoms with E-state index in [9.17, 15) is 0 Å². The molecule has 1 aliphatic rings. The van der Waals surface area contributed by atoms with Crippen molar-refractivity contribution < 1.29 is 13.3 Å². The maximum atomic E-state index is 2.69. The van der Waals surface area contributed by atoms with Crippen LogP contribution in [0.15, 0.2) is 22.1 Å². The Labute approximate surface area is 126 Å². The van der Waals surface area contributed by atoms with Crippen LogP contribution in [0.3, 0.4) is 0 Å². The molecule has 1 aliphatic carbocycles. The molecular weight excluding hydrogens is 334 g/mol. The van der Waals surface area contributed by atoms with Gasteiger partial charge in [-0.15, -0.1) is 24.8 Å². The van der Waals surface area contributed by atoms with Gasteiger partial charge in [-0.25, -0.2) is 0 Å². The second-order valence-corrected chi connectivity index (χ2v) is 54.0. The van der Waals surface area contributed by atoms with Gasteiger partial charge in [-0.3, -0.25) is 0 Å². The Kier molecular flexibility index (Phi) is 6.42. The normalized spacial score (nSPS) is 19.5. The van der Waals surface area contributed by atoms with Gasteiger partial charge in [-0.05, 0) is 0 Å². The Bertz CT molecular complexity index is 376. The van der Waals surface area contributed by atoms with E-state index in [2.05, 4.69) is 65.6 Å². The molecule has 0 aromatic heterocycles. The van der Waals surface area contributed by atoms with Gasteiger partial charge in [0.1, 0.15) is 0 Å². The van der Waals surface area contributed by atoms with Gasteiger partial charge in [0.25, 0.3) is 0 Å². The van der Waals surface area contributed by atoms with Gasteiger partial charge in [0.05, 0.1) is 0 Å². The first-order chi connectivity index (χ1) is 6.83. The van der Waals surface area contributed by atoms with Crippen molar-refractivity contribution >= 4 is 37.9 Å². The maximum absolute atomic E-state index is 2.94. The molecule has 1 rings (SSSR count). The fraction of sp³-hybridized carbons (Fsp3) is 0.692. The molecule has 0 aromatic rings. The summed E-state index contributed by atoms with van der Waals surface area (Å²) in [4.78, 5) is 0. The van der Waals surface area contributed by atoms with Crippen molar-refractivity contribution in [1.82, 2.24) is 0 Å². The average molecular weight is 365 g/mol. The summed E-state index contributed by atoms with van der Waals surface area (Å²) >= 11 is -2.94.